The first-order chi connectivity index (χ1) is 7.06. The van der Waals surface area contributed by atoms with Gasteiger partial charge in [-0.15, -0.1) is 0 Å². The van der Waals surface area contributed by atoms with Crippen molar-refractivity contribution in [1.82, 2.24) is 4.90 Å². The van der Waals surface area contributed by atoms with Crippen molar-refractivity contribution in [3.05, 3.63) is 35.9 Å². The van der Waals surface area contributed by atoms with E-state index < -0.39 is 7.54 Å². The molecule has 0 spiro atoms. The van der Waals surface area contributed by atoms with Gasteiger partial charge >= 0.3 is 112 Å². The molecule has 78 valence electrons. The zero-order valence-electron chi connectivity index (χ0n) is 8.96. The fourth-order valence-corrected chi connectivity index (χ4v) is 1.36. The Hall–Kier alpha value is 0.671. The summed E-state index contributed by atoms with van der Waals surface area (Å²) in [5.74, 6) is 0. The van der Waals surface area contributed by atoms with Crippen molar-refractivity contribution in [3.8, 4) is 0 Å². The second-order valence-corrected chi connectivity index (χ2v) is 4.05. The van der Waals surface area contributed by atoms with Crippen molar-refractivity contribution >= 4 is 56.5 Å². The van der Waals surface area contributed by atoms with E-state index in [0.717, 1.165) is 55.5 Å². The molecule has 1 aromatic carbocycles. The molecule has 0 fully saturated rings. The summed E-state index contributed by atoms with van der Waals surface area (Å²) in [7, 11) is -1.49. The van der Waals surface area contributed by atoms with Crippen LogP contribution in [0.1, 0.15) is 5.56 Å². The molecule has 0 saturated heterocycles. The van der Waals surface area contributed by atoms with E-state index >= 15 is 0 Å². The van der Waals surface area contributed by atoms with E-state index in [0.29, 0.717) is 0 Å². The molecule has 0 aliphatic rings. The fraction of sp³-hybridized carbons (Fsp3) is 0.333. The second kappa shape index (κ2) is 9.87. The van der Waals surface area contributed by atoms with Crippen molar-refractivity contribution < 1.29 is 12.9 Å². The van der Waals surface area contributed by atoms with Crippen molar-refractivity contribution in [3.63, 3.8) is 0 Å². The molecular formula is C9H12BF3KN. The number of rotatable bonds is 3. The normalized spacial score (nSPS) is 9.53. The van der Waals surface area contributed by atoms with Gasteiger partial charge in [-0.2, -0.15) is 0 Å². The average Bonchev–Trinajstić information content (AvgIpc) is 2.18. The van der Waals surface area contributed by atoms with Crippen molar-refractivity contribution in [2.24, 2.45) is 0 Å². The summed E-state index contributed by atoms with van der Waals surface area (Å²) in [5, 5.41) is 0. The van der Waals surface area contributed by atoms with Crippen LogP contribution < -0.4 is 0 Å². The van der Waals surface area contributed by atoms with Crippen LogP contribution in [0.3, 0.4) is 0 Å². The first-order valence-corrected chi connectivity index (χ1v) is 6.91. The van der Waals surface area contributed by atoms with Gasteiger partial charge < -0.3 is 0 Å². The molecule has 0 heterocycles. The van der Waals surface area contributed by atoms with E-state index in [9.17, 15) is 12.9 Å². The van der Waals surface area contributed by atoms with Crippen LogP contribution in [0, 0.1) is 0 Å². The summed E-state index contributed by atoms with van der Waals surface area (Å²) in [4.78, 5) is 2.37. The van der Waals surface area contributed by atoms with Gasteiger partial charge in [-0.05, 0) is 0 Å². The number of halogens is 3. The van der Waals surface area contributed by atoms with E-state index in [1.165, 1.54) is 6.20 Å². The van der Waals surface area contributed by atoms with Crippen LogP contribution >= 0.6 is 0 Å². The van der Waals surface area contributed by atoms with Gasteiger partial charge in [0.1, 0.15) is 0 Å². The zero-order chi connectivity index (χ0) is 11.7. The SMILES string of the molecule is CN([CH2][K])Cc1ccccc1.FB(F)F. The minimum Gasteiger partial charge on any atom is -0.254 e. The third-order valence-electron chi connectivity index (χ3n) is 1.84. The van der Waals surface area contributed by atoms with Gasteiger partial charge in [-0.25, -0.2) is 0 Å². The van der Waals surface area contributed by atoms with Gasteiger partial charge in [0.2, 0.25) is 0 Å². The summed E-state index contributed by atoms with van der Waals surface area (Å²) in [6.45, 7) is 1.10. The topological polar surface area (TPSA) is 3.24 Å². The van der Waals surface area contributed by atoms with Crippen LogP contribution in [0.15, 0.2) is 30.3 Å². The molecule has 15 heavy (non-hydrogen) atoms. The van der Waals surface area contributed by atoms with E-state index in [1.807, 2.05) is 0 Å². The third kappa shape index (κ3) is 10.9. The van der Waals surface area contributed by atoms with Crippen molar-refractivity contribution in [1.29, 1.82) is 0 Å². The van der Waals surface area contributed by atoms with Crippen LogP contribution in [0.2, 0.25) is 0 Å². The maximum absolute atomic E-state index is 9.67. The number of nitrogens with zero attached hydrogens (tertiary/aromatic N) is 1. The van der Waals surface area contributed by atoms with Crippen LogP contribution in [-0.4, -0.2) is 69.1 Å². The summed E-state index contributed by atoms with van der Waals surface area (Å²) in [6.07, 6.45) is 0. The van der Waals surface area contributed by atoms with Crippen LogP contribution in [0.25, 0.3) is 0 Å². The molecular weight excluding hydrogens is 229 g/mol. The Kier molecular flexibility index (Phi) is 10.3. The summed E-state index contributed by atoms with van der Waals surface area (Å²) in [5.41, 5.74) is 1.42. The Morgan fingerprint density at radius 3 is 2.07 bits per heavy atom. The van der Waals surface area contributed by atoms with Gasteiger partial charge in [-0.3, -0.25) is 12.9 Å². The number of benzene rings is 1. The number of hydrogen-bond donors (Lipinski definition) is 0. The van der Waals surface area contributed by atoms with E-state index in [2.05, 4.69) is 42.3 Å². The molecule has 0 saturated carbocycles. The maximum atomic E-state index is 9.67. The average molecular weight is 241 g/mol. The molecule has 0 amide bonds. The van der Waals surface area contributed by atoms with Gasteiger partial charge in [-0.1, -0.05) is 0 Å². The van der Waals surface area contributed by atoms with Gasteiger partial charge in [0.25, 0.3) is 0 Å². The quantitative estimate of drug-likeness (QED) is 0.732. The van der Waals surface area contributed by atoms with E-state index in [-0.39, 0.29) is 0 Å². The predicted octanol–water partition coefficient (Wildman–Crippen LogP) is 2.12. The van der Waals surface area contributed by atoms with E-state index in [1.54, 1.807) is 0 Å². The summed E-state index contributed by atoms with van der Waals surface area (Å²) in [6, 6.07) is 10.6. The molecule has 1 aromatic rings. The molecule has 0 aliphatic heterocycles. The molecule has 0 aromatic heterocycles. The van der Waals surface area contributed by atoms with Crippen molar-refractivity contribution in [2.75, 3.05) is 7.69 Å². The van der Waals surface area contributed by atoms with Gasteiger partial charge in [0.15, 0.2) is 0 Å². The first kappa shape index (κ1) is 15.7. The number of hydrogen-bond acceptors (Lipinski definition) is 1. The Bertz CT molecular complexity index is 246. The predicted molar refractivity (Wildman–Crippen MR) is 57.6 cm³/mol. The minimum atomic E-state index is -3.67. The standard InChI is InChI=1S/C9H12N.BF3.K/c1-10(2)8-9-6-4-3-5-7-9;2-1(3)4;/h3-7H,1,8H2,2H3;;. The summed E-state index contributed by atoms with van der Waals surface area (Å²) >= 11 is 0.941. The third-order valence-corrected chi connectivity index (χ3v) is 3.52. The molecule has 0 unspecified atom stereocenters. The Morgan fingerprint density at radius 2 is 1.67 bits per heavy atom. The second-order valence-electron chi connectivity index (χ2n) is 3.06. The molecule has 0 radical (unpaired) electrons. The van der Waals surface area contributed by atoms with Crippen LogP contribution in [0.4, 0.5) is 12.9 Å². The van der Waals surface area contributed by atoms with Gasteiger partial charge in [0.05, 0.1) is 0 Å². The smallest absolute Gasteiger partial charge is 0.254 e. The zero-order valence-corrected chi connectivity index (χ0v) is 12.1. The Labute approximate surface area is 123 Å². The molecule has 0 aliphatic carbocycles. The Morgan fingerprint density at radius 1 is 1.20 bits per heavy atom. The molecule has 0 atom stereocenters. The largest absolute Gasteiger partial charge is 0.762 e. The molecule has 1 rings (SSSR count). The van der Waals surface area contributed by atoms with Crippen LogP contribution in [-0.2, 0) is 6.54 Å². The summed E-state index contributed by atoms with van der Waals surface area (Å²) < 4.78 is 30.3. The fourth-order valence-electron chi connectivity index (χ4n) is 1.01. The Balaban J connectivity index is 0.000000423. The maximum Gasteiger partial charge on any atom is 0.762 e. The van der Waals surface area contributed by atoms with E-state index in [4.69, 9.17) is 0 Å². The molecule has 6 heteroatoms. The minimum absolute atomic E-state index is 0.941. The van der Waals surface area contributed by atoms with Crippen molar-refractivity contribution in [2.45, 2.75) is 6.54 Å². The van der Waals surface area contributed by atoms with Gasteiger partial charge in [0, 0.05) is 0 Å². The molecule has 0 N–H and O–H groups in total. The monoisotopic (exact) mass is 241 g/mol. The molecule has 0 bridgehead atoms. The first-order valence-electron chi connectivity index (χ1n) is 4.71. The van der Waals surface area contributed by atoms with Crippen LogP contribution in [0.5, 0.6) is 0 Å². The molecule has 1 nitrogen and oxygen atoms in total.